The van der Waals surface area contributed by atoms with E-state index >= 15 is 0 Å². The molecule has 1 aromatic rings. The van der Waals surface area contributed by atoms with Crippen molar-refractivity contribution in [1.82, 2.24) is 0 Å². The first-order valence-electron chi connectivity index (χ1n) is 4.37. The van der Waals surface area contributed by atoms with Crippen LogP contribution in [-0.4, -0.2) is 18.5 Å². The quantitative estimate of drug-likeness (QED) is 0.774. The molecular weight excluding hydrogens is 267 g/mol. The highest BCUT2D eigenvalue weighted by molar-refractivity contribution is 9.09. The topological polar surface area (TPSA) is 18.5 Å². The molecule has 0 atom stereocenters. The molecule has 0 radical (unpaired) electrons. The molecule has 2 rings (SSSR count). The van der Waals surface area contributed by atoms with Crippen LogP contribution in [0.25, 0.3) is 0 Å². The van der Waals surface area contributed by atoms with Crippen molar-refractivity contribution in [3.05, 3.63) is 34.9 Å². The molecule has 76 valence electrons. The number of benzene rings is 1. The first-order valence-corrected chi connectivity index (χ1v) is 5.87. The molecule has 1 aliphatic heterocycles. The lowest BCUT2D eigenvalue weighted by Gasteiger charge is -2.25. The van der Waals surface area contributed by atoms with E-state index < -0.39 is 5.79 Å². The molecule has 0 amide bonds. The van der Waals surface area contributed by atoms with Crippen molar-refractivity contribution < 1.29 is 9.47 Å². The maximum atomic E-state index is 5.81. The first kappa shape index (κ1) is 10.4. The molecule has 0 aliphatic carbocycles. The van der Waals surface area contributed by atoms with Crippen LogP contribution in [0.3, 0.4) is 0 Å². The summed E-state index contributed by atoms with van der Waals surface area (Å²) >= 11 is 9.22. The summed E-state index contributed by atoms with van der Waals surface area (Å²) < 4.78 is 11.2. The summed E-state index contributed by atoms with van der Waals surface area (Å²) in [6.45, 7) is 1.27. The molecule has 1 aliphatic rings. The molecule has 1 heterocycles. The van der Waals surface area contributed by atoms with Crippen LogP contribution < -0.4 is 0 Å². The van der Waals surface area contributed by atoms with E-state index in [4.69, 9.17) is 21.1 Å². The maximum Gasteiger partial charge on any atom is 0.204 e. The van der Waals surface area contributed by atoms with Crippen molar-refractivity contribution in [2.24, 2.45) is 0 Å². The van der Waals surface area contributed by atoms with Crippen molar-refractivity contribution >= 4 is 27.5 Å². The smallest absolute Gasteiger partial charge is 0.204 e. The minimum absolute atomic E-state index is 0.620. The van der Waals surface area contributed by atoms with Gasteiger partial charge in [0.25, 0.3) is 0 Å². The van der Waals surface area contributed by atoms with Crippen LogP contribution in [-0.2, 0) is 15.3 Å². The highest BCUT2D eigenvalue weighted by Gasteiger charge is 2.37. The van der Waals surface area contributed by atoms with Crippen LogP contribution >= 0.6 is 27.5 Å². The van der Waals surface area contributed by atoms with Gasteiger partial charge in [-0.05, 0) is 12.1 Å². The van der Waals surface area contributed by atoms with Gasteiger partial charge in [0.05, 0.1) is 18.5 Å². The van der Waals surface area contributed by atoms with E-state index in [-0.39, 0.29) is 0 Å². The van der Waals surface area contributed by atoms with E-state index in [1.165, 1.54) is 0 Å². The van der Waals surface area contributed by atoms with E-state index in [9.17, 15) is 0 Å². The van der Waals surface area contributed by atoms with E-state index in [1.807, 2.05) is 24.3 Å². The number of halogens is 2. The van der Waals surface area contributed by atoms with Gasteiger partial charge in [-0.25, -0.2) is 0 Å². The van der Waals surface area contributed by atoms with Crippen LogP contribution in [0.15, 0.2) is 24.3 Å². The Morgan fingerprint density at radius 2 is 1.79 bits per heavy atom. The van der Waals surface area contributed by atoms with Crippen LogP contribution in [0.2, 0.25) is 5.02 Å². The Morgan fingerprint density at radius 1 is 1.21 bits per heavy atom. The molecule has 0 aromatic heterocycles. The third-order valence-corrected chi connectivity index (χ3v) is 3.20. The molecule has 1 saturated heterocycles. The van der Waals surface area contributed by atoms with Crippen molar-refractivity contribution in [2.75, 3.05) is 18.5 Å². The van der Waals surface area contributed by atoms with Crippen LogP contribution in [0.1, 0.15) is 5.56 Å². The first-order chi connectivity index (χ1) is 6.77. The third-order valence-electron chi connectivity index (χ3n) is 2.21. The predicted octanol–water partition coefficient (Wildman–Crippen LogP) is 2.93. The highest BCUT2D eigenvalue weighted by atomic mass is 79.9. The van der Waals surface area contributed by atoms with Crippen molar-refractivity contribution in [3.63, 3.8) is 0 Å². The van der Waals surface area contributed by atoms with Gasteiger partial charge in [-0.15, -0.1) is 0 Å². The van der Waals surface area contributed by atoms with Gasteiger partial charge in [-0.2, -0.15) is 0 Å². The van der Waals surface area contributed by atoms with Gasteiger partial charge in [0.2, 0.25) is 5.79 Å². The minimum Gasteiger partial charge on any atom is -0.343 e. The fraction of sp³-hybridized carbons (Fsp3) is 0.400. The molecule has 0 N–H and O–H groups in total. The van der Waals surface area contributed by atoms with E-state index in [2.05, 4.69) is 15.9 Å². The number of hydrogen-bond acceptors (Lipinski definition) is 2. The zero-order valence-electron chi connectivity index (χ0n) is 7.50. The van der Waals surface area contributed by atoms with Gasteiger partial charge < -0.3 is 9.47 Å². The van der Waals surface area contributed by atoms with Crippen molar-refractivity contribution in [2.45, 2.75) is 5.79 Å². The summed E-state index contributed by atoms with van der Waals surface area (Å²) in [4.78, 5) is 0. The second kappa shape index (κ2) is 4.19. The monoisotopic (exact) mass is 276 g/mol. The third kappa shape index (κ3) is 1.82. The summed E-state index contributed by atoms with van der Waals surface area (Å²) in [5, 5.41) is 1.35. The van der Waals surface area contributed by atoms with Crippen LogP contribution in [0.5, 0.6) is 0 Å². The van der Waals surface area contributed by atoms with Crippen LogP contribution in [0.4, 0.5) is 0 Å². The Hall–Kier alpha value is -0.0900. The van der Waals surface area contributed by atoms with Crippen molar-refractivity contribution in [1.29, 1.82) is 0 Å². The summed E-state index contributed by atoms with van der Waals surface area (Å²) in [7, 11) is 0. The predicted molar refractivity (Wildman–Crippen MR) is 58.8 cm³/mol. The van der Waals surface area contributed by atoms with Gasteiger partial charge in [0, 0.05) is 10.6 Å². The molecule has 1 aromatic carbocycles. The lowest BCUT2D eigenvalue weighted by molar-refractivity contribution is -0.144. The molecule has 2 nitrogen and oxygen atoms in total. The molecular formula is C10H10BrClO2. The number of hydrogen-bond donors (Lipinski definition) is 0. The van der Waals surface area contributed by atoms with E-state index in [1.54, 1.807) is 0 Å². The fourth-order valence-electron chi connectivity index (χ4n) is 1.48. The number of alkyl halides is 1. The Balaban J connectivity index is 2.31. The minimum atomic E-state index is -0.620. The zero-order valence-corrected chi connectivity index (χ0v) is 9.85. The maximum absolute atomic E-state index is 5.81. The molecule has 0 unspecified atom stereocenters. The SMILES string of the molecule is Clc1ccc(C2(CBr)OCCO2)cc1. The second-order valence-corrected chi connectivity index (χ2v) is 4.09. The normalized spacial score (nSPS) is 19.9. The Kier molecular flexibility index (Phi) is 3.12. The molecule has 0 spiro atoms. The Morgan fingerprint density at radius 3 is 2.29 bits per heavy atom. The summed E-state index contributed by atoms with van der Waals surface area (Å²) in [6.07, 6.45) is 0. The van der Waals surface area contributed by atoms with Crippen LogP contribution in [0, 0.1) is 0 Å². The van der Waals surface area contributed by atoms with Gasteiger partial charge >= 0.3 is 0 Å². The van der Waals surface area contributed by atoms with E-state index in [0.29, 0.717) is 18.5 Å². The number of ether oxygens (including phenoxy) is 2. The average molecular weight is 278 g/mol. The lowest BCUT2D eigenvalue weighted by Crippen LogP contribution is -2.28. The van der Waals surface area contributed by atoms with Gasteiger partial charge in [-0.1, -0.05) is 39.7 Å². The molecule has 0 saturated carbocycles. The van der Waals surface area contributed by atoms with E-state index in [0.717, 1.165) is 10.6 Å². The van der Waals surface area contributed by atoms with Gasteiger partial charge in [0.1, 0.15) is 0 Å². The highest BCUT2D eigenvalue weighted by Crippen LogP contribution is 2.33. The fourth-order valence-corrected chi connectivity index (χ4v) is 2.25. The molecule has 4 heteroatoms. The average Bonchev–Trinajstić information content (AvgIpc) is 2.68. The second-order valence-electron chi connectivity index (χ2n) is 3.09. The molecule has 0 bridgehead atoms. The Bertz CT molecular complexity index is 306. The van der Waals surface area contributed by atoms with Crippen molar-refractivity contribution in [3.8, 4) is 0 Å². The standard InChI is InChI=1S/C10H10BrClO2/c11-7-10(13-5-6-14-10)8-1-3-9(12)4-2-8/h1-4H,5-7H2. The molecule has 1 fully saturated rings. The summed E-state index contributed by atoms with van der Waals surface area (Å²) in [6, 6.07) is 7.53. The van der Waals surface area contributed by atoms with Gasteiger partial charge in [-0.3, -0.25) is 0 Å². The number of rotatable bonds is 2. The summed E-state index contributed by atoms with van der Waals surface area (Å²) in [5.41, 5.74) is 0.997. The van der Waals surface area contributed by atoms with Gasteiger partial charge in [0.15, 0.2) is 0 Å². The summed E-state index contributed by atoms with van der Waals surface area (Å²) in [5.74, 6) is -0.620. The zero-order chi connectivity index (χ0) is 10.0. The Labute approximate surface area is 96.3 Å². The lowest BCUT2D eigenvalue weighted by atomic mass is 10.1. The largest absolute Gasteiger partial charge is 0.343 e. The molecule has 14 heavy (non-hydrogen) atoms.